The summed E-state index contributed by atoms with van der Waals surface area (Å²) in [6, 6.07) is 29.3. The van der Waals surface area contributed by atoms with Gasteiger partial charge in [-0.2, -0.15) is 0 Å². The average molecular weight is 818 g/mol. The minimum Gasteiger partial charge on any atom is -0.486 e. The van der Waals surface area contributed by atoms with Crippen molar-refractivity contribution in [3.8, 4) is 22.5 Å². The van der Waals surface area contributed by atoms with Crippen LogP contribution in [0.4, 0.5) is 0 Å². The van der Waals surface area contributed by atoms with E-state index in [1.807, 2.05) is 43.5 Å². The molecule has 4 nitrogen and oxygen atoms in total. The van der Waals surface area contributed by atoms with E-state index < -0.39 is 8.07 Å². The Morgan fingerprint density at radius 1 is 0.830 bits per heavy atom. The number of pyridine rings is 3. The van der Waals surface area contributed by atoms with E-state index in [9.17, 15) is 0 Å². The molecule has 0 bridgehead atoms. The molecule has 0 spiro atoms. The fraction of sp³-hybridized carbons (Fsp3) is 0.341. The molecule has 247 valence electrons. The molecule has 2 aromatic carbocycles. The van der Waals surface area contributed by atoms with E-state index in [0.717, 1.165) is 56.9 Å². The molecule has 4 aromatic heterocycles. The number of nitrogens with zero attached hydrogens (tertiary/aromatic N) is 3. The van der Waals surface area contributed by atoms with Gasteiger partial charge < -0.3 is 14.4 Å². The SMILES string of the molecule is CCC(CC)Cc1cc(-c2[c-]cccc2)ncc1[Si](C)(C)C.Cc1ccc2c(n1)oc1c(-c3cc(CC(C)C)ccn3)[c-]ccc12.[Ir]. The molecule has 4 heterocycles. The minimum atomic E-state index is -1.37. The van der Waals surface area contributed by atoms with Gasteiger partial charge in [-0.25, -0.2) is 4.98 Å². The van der Waals surface area contributed by atoms with Gasteiger partial charge in [0, 0.05) is 43.6 Å². The van der Waals surface area contributed by atoms with Gasteiger partial charge in [0.1, 0.15) is 0 Å². The van der Waals surface area contributed by atoms with E-state index in [-0.39, 0.29) is 20.1 Å². The van der Waals surface area contributed by atoms with Gasteiger partial charge in [0.05, 0.1) is 13.7 Å². The molecule has 0 fully saturated rings. The van der Waals surface area contributed by atoms with Crippen LogP contribution in [0.15, 0.2) is 83.5 Å². The molecule has 1 radical (unpaired) electrons. The third-order valence-corrected chi connectivity index (χ3v) is 10.7. The van der Waals surface area contributed by atoms with Crippen molar-refractivity contribution in [2.75, 3.05) is 0 Å². The van der Waals surface area contributed by atoms with Gasteiger partial charge in [-0.15, -0.1) is 54.1 Å². The number of furan rings is 1. The van der Waals surface area contributed by atoms with Crippen molar-refractivity contribution in [2.45, 2.75) is 79.9 Å². The van der Waals surface area contributed by atoms with E-state index in [0.29, 0.717) is 11.6 Å². The molecule has 0 N–H and O–H groups in total. The Morgan fingerprint density at radius 2 is 1.62 bits per heavy atom. The molecule has 0 aliphatic rings. The maximum atomic E-state index is 6.06. The molecule has 0 unspecified atom stereocenters. The zero-order chi connectivity index (χ0) is 32.8. The van der Waals surface area contributed by atoms with Crippen LogP contribution >= 0.6 is 0 Å². The largest absolute Gasteiger partial charge is 0.486 e. The Hall–Kier alpha value is -3.44. The molecular weight excluding hydrogens is 771 g/mol. The third-order valence-electron chi connectivity index (χ3n) is 8.61. The van der Waals surface area contributed by atoms with Gasteiger partial charge in [-0.05, 0) is 66.4 Å². The summed E-state index contributed by atoms with van der Waals surface area (Å²) in [7, 11) is -1.37. The number of fused-ring (bicyclic) bond motifs is 3. The van der Waals surface area contributed by atoms with Crippen molar-refractivity contribution in [3.63, 3.8) is 0 Å². The number of aryl methyl sites for hydroxylation is 1. The van der Waals surface area contributed by atoms with Crippen LogP contribution in [-0.4, -0.2) is 23.0 Å². The topological polar surface area (TPSA) is 51.8 Å². The summed E-state index contributed by atoms with van der Waals surface area (Å²) in [5, 5.41) is 3.60. The molecule has 6 heteroatoms. The van der Waals surface area contributed by atoms with Gasteiger partial charge in [0.15, 0.2) is 0 Å². The zero-order valence-electron chi connectivity index (χ0n) is 29.1. The van der Waals surface area contributed by atoms with E-state index in [1.54, 1.807) is 0 Å². The van der Waals surface area contributed by atoms with Crippen molar-refractivity contribution in [2.24, 2.45) is 11.8 Å². The standard InChI is InChI=1S/C21H19N2O.C20H28NSi.Ir/c1-13(2)11-15-9-10-22-19(12-15)18-6-4-5-16-17-8-7-14(3)23-21(17)24-20(16)18;1-6-16(7-2)13-18-14-19(17-11-9-8-10-12-17)21-15-20(18)22(3,4)5;/h4-5,7-10,12-13H,11H2,1-3H3;8-11,14-16H,6-7,13H2,1-5H3;/q2*-1;. The van der Waals surface area contributed by atoms with Crippen molar-refractivity contribution in [1.82, 2.24) is 15.0 Å². The molecule has 6 aromatic rings. The third kappa shape index (κ3) is 8.93. The van der Waals surface area contributed by atoms with Gasteiger partial charge in [-0.3, -0.25) is 0 Å². The van der Waals surface area contributed by atoms with Crippen LogP contribution in [0.2, 0.25) is 19.6 Å². The molecule has 47 heavy (non-hydrogen) atoms. The first-order chi connectivity index (χ1) is 22.1. The second kappa shape index (κ2) is 16.1. The van der Waals surface area contributed by atoms with Gasteiger partial charge in [-0.1, -0.05) is 94.4 Å². The van der Waals surface area contributed by atoms with Crippen LogP contribution in [0.25, 0.3) is 44.6 Å². The molecule has 0 amide bonds. The fourth-order valence-corrected chi connectivity index (χ4v) is 7.63. The first-order valence-electron chi connectivity index (χ1n) is 16.7. The minimum absolute atomic E-state index is 0. The van der Waals surface area contributed by atoms with Crippen LogP contribution in [0, 0.1) is 30.9 Å². The van der Waals surface area contributed by atoms with E-state index in [4.69, 9.17) is 9.40 Å². The van der Waals surface area contributed by atoms with E-state index in [2.05, 4.69) is 112 Å². The normalized spacial score (nSPS) is 11.5. The summed E-state index contributed by atoms with van der Waals surface area (Å²) in [5.74, 6) is 1.38. The first kappa shape index (κ1) is 36.4. The second-order valence-electron chi connectivity index (χ2n) is 13.8. The summed E-state index contributed by atoms with van der Waals surface area (Å²) in [4.78, 5) is 13.8. The first-order valence-corrected chi connectivity index (χ1v) is 20.2. The number of aromatic nitrogens is 3. The maximum absolute atomic E-state index is 6.06. The smallest absolute Gasteiger partial charge is 0.216 e. The van der Waals surface area contributed by atoms with Gasteiger partial charge in [0.2, 0.25) is 5.71 Å². The number of hydrogen-bond acceptors (Lipinski definition) is 4. The predicted octanol–water partition coefficient (Wildman–Crippen LogP) is 10.4. The van der Waals surface area contributed by atoms with Crippen molar-refractivity contribution in [3.05, 3.63) is 108 Å². The molecule has 0 saturated heterocycles. The van der Waals surface area contributed by atoms with Gasteiger partial charge >= 0.3 is 0 Å². The quantitative estimate of drug-likeness (QED) is 0.108. The summed E-state index contributed by atoms with van der Waals surface area (Å²) in [6.07, 6.45) is 8.71. The Morgan fingerprint density at radius 3 is 2.30 bits per heavy atom. The summed E-state index contributed by atoms with van der Waals surface area (Å²) >= 11 is 0. The Kier molecular flexibility index (Phi) is 12.5. The van der Waals surface area contributed by atoms with Gasteiger partial charge in [0.25, 0.3) is 0 Å². The van der Waals surface area contributed by atoms with Crippen LogP contribution in [0.3, 0.4) is 0 Å². The molecular formula is C41H47IrN3OSi-2. The van der Waals surface area contributed by atoms with Crippen molar-refractivity contribution < 1.29 is 24.5 Å². The Labute approximate surface area is 295 Å². The number of hydrogen-bond donors (Lipinski definition) is 0. The Balaban J connectivity index is 0.000000209. The van der Waals surface area contributed by atoms with Crippen LogP contribution in [0.1, 0.15) is 57.4 Å². The van der Waals surface area contributed by atoms with Crippen molar-refractivity contribution >= 4 is 35.3 Å². The fourth-order valence-electron chi connectivity index (χ4n) is 6.04. The summed E-state index contributed by atoms with van der Waals surface area (Å²) < 4.78 is 6.06. The number of benzene rings is 2. The average Bonchev–Trinajstić information content (AvgIpc) is 3.41. The maximum Gasteiger partial charge on any atom is 0.216 e. The molecule has 0 atom stereocenters. The van der Waals surface area contributed by atoms with Crippen LogP contribution in [-0.2, 0) is 32.9 Å². The number of rotatable bonds is 9. The molecule has 6 rings (SSSR count). The van der Waals surface area contributed by atoms with E-state index in [1.165, 1.54) is 35.6 Å². The molecule has 0 aliphatic heterocycles. The van der Waals surface area contributed by atoms with Crippen LogP contribution < -0.4 is 5.19 Å². The Bertz CT molecular complexity index is 1910. The second-order valence-corrected chi connectivity index (χ2v) is 18.8. The zero-order valence-corrected chi connectivity index (χ0v) is 32.5. The van der Waals surface area contributed by atoms with E-state index >= 15 is 0 Å². The summed E-state index contributed by atoms with van der Waals surface area (Å²) in [5.41, 5.74) is 9.16. The predicted molar refractivity (Wildman–Crippen MR) is 196 cm³/mol. The van der Waals surface area contributed by atoms with Crippen LogP contribution in [0.5, 0.6) is 0 Å². The van der Waals surface area contributed by atoms with Crippen molar-refractivity contribution in [1.29, 1.82) is 0 Å². The molecule has 0 saturated carbocycles. The summed E-state index contributed by atoms with van der Waals surface area (Å²) in [6.45, 7) is 18.3. The molecule has 0 aliphatic carbocycles. The monoisotopic (exact) mass is 818 g/mol.